The lowest BCUT2D eigenvalue weighted by Gasteiger charge is -2.18. The van der Waals surface area contributed by atoms with Gasteiger partial charge < -0.3 is 10.7 Å². The van der Waals surface area contributed by atoms with Crippen LogP contribution in [-0.4, -0.2) is 23.8 Å². The van der Waals surface area contributed by atoms with E-state index >= 15 is 0 Å². The molecule has 0 fully saturated rings. The first-order valence-electron chi connectivity index (χ1n) is 5.58. The summed E-state index contributed by atoms with van der Waals surface area (Å²) in [5.41, 5.74) is 8.62. The van der Waals surface area contributed by atoms with Gasteiger partial charge in [0.15, 0.2) is 0 Å². The Labute approximate surface area is 95.6 Å². The number of fused-ring (bicyclic) bond motifs is 1. The van der Waals surface area contributed by atoms with Gasteiger partial charge in [0, 0.05) is 26.2 Å². The average Bonchev–Trinajstić information content (AvgIpc) is 2.55. The maximum absolute atomic E-state index is 5.77. The number of nitrogens with two attached hydrogens (primary N) is 1. The van der Waals surface area contributed by atoms with E-state index in [4.69, 9.17) is 5.73 Å². The molecule has 4 nitrogen and oxygen atoms in total. The van der Waals surface area contributed by atoms with Crippen LogP contribution in [0.1, 0.15) is 19.2 Å². The number of benzene rings is 1. The van der Waals surface area contributed by atoms with Crippen molar-refractivity contribution in [2.75, 3.05) is 24.8 Å². The first-order chi connectivity index (χ1) is 7.63. The van der Waals surface area contributed by atoms with Gasteiger partial charge in [-0.25, -0.2) is 9.66 Å². The number of hydrogen-bond acceptors (Lipinski definition) is 3. The summed E-state index contributed by atoms with van der Waals surface area (Å²) in [6, 6.07) is 5.87. The molecule has 0 aliphatic rings. The summed E-state index contributed by atoms with van der Waals surface area (Å²) in [6.07, 6.45) is 2.07. The highest BCUT2D eigenvalue weighted by molar-refractivity contribution is 5.80. The van der Waals surface area contributed by atoms with E-state index < -0.39 is 0 Å². The fourth-order valence-corrected chi connectivity index (χ4v) is 1.97. The highest BCUT2D eigenvalue weighted by Crippen LogP contribution is 2.19. The summed E-state index contributed by atoms with van der Waals surface area (Å²) >= 11 is 0. The van der Waals surface area contributed by atoms with Gasteiger partial charge in [-0.3, -0.25) is 0 Å². The molecular weight excluding hydrogens is 200 g/mol. The van der Waals surface area contributed by atoms with Gasteiger partial charge in [-0.15, -0.1) is 0 Å². The van der Waals surface area contributed by atoms with Crippen LogP contribution in [-0.2, 0) is 6.42 Å². The van der Waals surface area contributed by atoms with Crippen LogP contribution in [0.2, 0.25) is 0 Å². The zero-order chi connectivity index (χ0) is 11.7. The van der Waals surface area contributed by atoms with Gasteiger partial charge in [-0.1, -0.05) is 6.92 Å². The number of imidazole rings is 1. The van der Waals surface area contributed by atoms with E-state index in [9.17, 15) is 0 Å². The molecule has 0 aliphatic heterocycles. The smallest absolute Gasteiger partial charge is 0.128 e. The molecule has 4 heteroatoms. The number of nitrogens with zero attached hydrogens (tertiary/aromatic N) is 3. The van der Waals surface area contributed by atoms with Crippen molar-refractivity contribution in [2.45, 2.75) is 19.8 Å². The Bertz CT molecular complexity index is 499. The van der Waals surface area contributed by atoms with Crippen molar-refractivity contribution in [3.8, 4) is 0 Å². The molecule has 86 valence electrons. The number of nitrogen functional groups attached to an aromatic ring is 1. The minimum absolute atomic E-state index is 0.763. The molecule has 16 heavy (non-hydrogen) atoms. The Morgan fingerprint density at radius 2 is 2.12 bits per heavy atom. The molecule has 0 atom stereocenters. The third-order valence-corrected chi connectivity index (χ3v) is 2.60. The van der Waals surface area contributed by atoms with Gasteiger partial charge >= 0.3 is 0 Å². The molecule has 1 heterocycles. The van der Waals surface area contributed by atoms with E-state index in [-0.39, 0.29) is 0 Å². The van der Waals surface area contributed by atoms with Gasteiger partial charge in [0.2, 0.25) is 0 Å². The second-order valence-corrected chi connectivity index (χ2v) is 4.19. The van der Waals surface area contributed by atoms with Crippen LogP contribution in [0.3, 0.4) is 0 Å². The van der Waals surface area contributed by atoms with Gasteiger partial charge in [0.25, 0.3) is 0 Å². The maximum atomic E-state index is 5.77. The summed E-state index contributed by atoms with van der Waals surface area (Å²) < 4.78 is 2.14. The largest absolute Gasteiger partial charge is 0.399 e. The van der Waals surface area contributed by atoms with E-state index in [1.165, 1.54) is 0 Å². The average molecular weight is 218 g/mol. The minimum Gasteiger partial charge on any atom is -0.399 e. The molecule has 0 saturated heterocycles. The molecule has 2 N–H and O–H groups in total. The summed E-state index contributed by atoms with van der Waals surface area (Å²) in [5.74, 6) is 1.09. The molecule has 0 spiro atoms. The molecule has 2 rings (SSSR count). The summed E-state index contributed by atoms with van der Waals surface area (Å²) in [5, 5.41) is 2.05. The Morgan fingerprint density at radius 1 is 1.38 bits per heavy atom. The number of aryl methyl sites for hydroxylation is 1. The fraction of sp³-hybridized carbons (Fsp3) is 0.417. The Hall–Kier alpha value is -1.71. The third-order valence-electron chi connectivity index (χ3n) is 2.60. The first kappa shape index (κ1) is 10.8. The predicted octanol–water partition coefficient (Wildman–Crippen LogP) is 1.77. The van der Waals surface area contributed by atoms with Crippen molar-refractivity contribution >= 4 is 16.7 Å². The summed E-state index contributed by atoms with van der Waals surface area (Å²) in [7, 11) is 4.05. The standard InChI is InChI=1S/C12H18N4/c1-4-5-12-14-10-8-9(13)6-7-11(10)16(12)15(2)3/h6-8H,4-5,13H2,1-3H3. The summed E-state index contributed by atoms with van der Waals surface area (Å²) in [4.78, 5) is 4.63. The van der Waals surface area contributed by atoms with Gasteiger partial charge in [-0.05, 0) is 24.6 Å². The van der Waals surface area contributed by atoms with Crippen LogP contribution < -0.4 is 10.7 Å². The van der Waals surface area contributed by atoms with Crippen LogP contribution in [0, 0.1) is 0 Å². The monoisotopic (exact) mass is 218 g/mol. The van der Waals surface area contributed by atoms with Crippen LogP contribution in [0.25, 0.3) is 11.0 Å². The number of anilines is 1. The van der Waals surface area contributed by atoms with E-state index in [0.29, 0.717) is 0 Å². The van der Waals surface area contributed by atoms with E-state index in [1.54, 1.807) is 0 Å². The maximum Gasteiger partial charge on any atom is 0.128 e. The molecule has 0 bridgehead atoms. The van der Waals surface area contributed by atoms with Crippen LogP contribution in [0.5, 0.6) is 0 Å². The van der Waals surface area contributed by atoms with Crippen molar-refractivity contribution in [1.29, 1.82) is 0 Å². The number of aromatic nitrogens is 2. The van der Waals surface area contributed by atoms with Crippen LogP contribution in [0.15, 0.2) is 18.2 Å². The van der Waals surface area contributed by atoms with Gasteiger partial charge in [0.1, 0.15) is 5.82 Å². The number of hydrogen-bond donors (Lipinski definition) is 1. The summed E-state index contributed by atoms with van der Waals surface area (Å²) in [6.45, 7) is 2.16. The normalized spacial score (nSPS) is 10.9. The van der Waals surface area contributed by atoms with Crippen molar-refractivity contribution in [3.05, 3.63) is 24.0 Å². The topological polar surface area (TPSA) is 47.1 Å². The highest BCUT2D eigenvalue weighted by atomic mass is 15.5. The lowest BCUT2D eigenvalue weighted by Crippen LogP contribution is -2.26. The Kier molecular flexibility index (Phi) is 2.73. The van der Waals surface area contributed by atoms with Crippen molar-refractivity contribution in [3.63, 3.8) is 0 Å². The molecule has 0 unspecified atom stereocenters. The lowest BCUT2D eigenvalue weighted by molar-refractivity contribution is 0.682. The minimum atomic E-state index is 0.763. The molecule has 1 aromatic carbocycles. The van der Waals surface area contributed by atoms with Crippen molar-refractivity contribution in [1.82, 2.24) is 9.66 Å². The fourth-order valence-electron chi connectivity index (χ4n) is 1.97. The lowest BCUT2D eigenvalue weighted by atomic mass is 10.3. The molecule has 1 aromatic heterocycles. The zero-order valence-corrected chi connectivity index (χ0v) is 10.1. The van der Waals surface area contributed by atoms with Gasteiger partial charge in [-0.2, -0.15) is 0 Å². The second-order valence-electron chi connectivity index (χ2n) is 4.19. The zero-order valence-electron chi connectivity index (χ0n) is 10.1. The van der Waals surface area contributed by atoms with E-state index in [0.717, 1.165) is 35.4 Å². The van der Waals surface area contributed by atoms with Crippen LogP contribution in [0.4, 0.5) is 5.69 Å². The van der Waals surface area contributed by atoms with Crippen molar-refractivity contribution in [2.24, 2.45) is 0 Å². The first-order valence-corrected chi connectivity index (χ1v) is 5.58. The van der Waals surface area contributed by atoms with Crippen LogP contribution >= 0.6 is 0 Å². The SMILES string of the molecule is CCCc1nc2cc(N)ccc2n1N(C)C. The molecular formula is C12H18N4. The molecule has 0 radical (unpaired) electrons. The van der Waals surface area contributed by atoms with E-state index in [2.05, 4.69) is 21.6 Å². The quantitative estimate of drug-likeness (QED) is 0.799. The predicted molar refractivity (Wildman–Crippen MR) is 68.2 cm³/mol. The van der Waals surface area contributed by atoms with Gasteiger partial charge in [0.05, 0.1) is 11.0 Å². The Morgan fingerprint density at radius 3 is 2.75 bits per heavy atom. The molecule has 0 amide bonds. The third kappa shape index (κ3) is 1.71. The highest BCUT2D eigenvalue weighted by Gasteiger charge is 2.11. The molecule has 0 saturated carbocycles. The second kappa shape index (κ2) is 4.04. The molecule has 0 aliphatic carbocycles. The van der Waals surface area contributed by atoms with E-state index in [1.807, 2.05) is 32.3 Å². The molecule has 2 aromatic rings. The van der Waals surface area contributed by atoms with Crippen molar-refractivity contribution < 1.29 is 0 Å². The number of rotatable bonds is 3. The Balaban J connectivity index is 2.65.